The van der Waals surface area contributed by atoms with Crippen LogP contribution in [0.3, 0.4) is 0 Å². The molecule has 2 aromatic carbocycles. The second-order valence-corrected chi connectivity index (χ2v) is 8.63. The number of nitrogens with zero attached hydrogens (tertiary/aromatic N) is 5. The van der Waals surface area contributed by atoms with Gasteiger partial charge in [-0.3, -0.25) is 14.7 Å². The van der Waals surface area contributed by atoms with Crippen LogP contribution in [0.1, 0.15) is 27.5 Å². The molecule has 1 aliphatic rings. The van der Waals surface area contributed by atoms with Gasteiger partial charge in [-0.2, -0.15) is 4.98 Å². The normalized spacial score (nSPS) is 14.5. The van der Waals surface area contributed by atoms with E-state index in [-0.39, 0.29) is 5.91 Å². The highest BCUT2D eigenvalue weighted by Gasteiger charge is 2.25. The molecule has 0 radical (unpaired) electrons. The predicted molar refractivity (Wildman–Crippen MR) is 129 cm³/mol. The first-order valence-electron chi connectivity index (χ1n) is 11.4. The van der Waals surface area contributed by atoms with Crippen LogP contribution >= 0.6 is 0 Å². The van der Waals surface area contributed by atoms with Crippen molar-refractivity contribution in [2.24, 2.45) is 0 Å². The van der Waals surface area contributed by atoms with Crippen molar-refractivity contribution in [3.05, 3.63) is 71.2 Å². The molecule has 0 spiro atoms. The lowest BCUT2D eigenvalue weighted by Gasteiger charge is -2.34. The van der Waals surface area contributed by atoms with Gasteiger partial charge in [-0.05, 0) is 32.0 Å². The van der Waals surface area contributed by atoms with Crippen LogP contribution in [0.5, 0.6) is 5.75 Å². The van der Waals surface area contributed by atoms with Gasteiger partial charge in [0, 0.05) is 43.2 Å². The molecule has 3 heterocycles. The summed E-state index contributed by atoms with van der Waals surface area (Å²) in [5.74, 6) is 1.95. The van der Waals surface area contributed by atoms with E-state index in [2.05, 4.69) is 20.0 Å². The van der Waals surface area contributed by atoms with E-state index in [4.69, 9.17) is 9.26 Å². The zero-order chi connectivity index (χ0) is 23.7. The number of rotatable bonds is 5. The number of pyridine rings is 1. The van der Waals surface area contributed by atoms with Crippen molar-refractivity contribution in [1.82, 2.24) is 24.9 Å². The van der Waals surface area contributed by atoms with Gasteiger partial charge in [0.2, 0.25) is 11.7 Å². The molecule has 0 atom stereocenters. The monoisotopic (exact) mass is 457 g/mol. The number of hydrogen-bond acceptors (Lipinski definition) is 7. The molecule has 0 saturated carbocycles. The van der Waals surface area contributed by atoms with Gasteiger partial charge in [0.15, 0.2) is 0 Å². The van der Waals surface area contributed by atoms with Gasteiger partial charge >= 0.3 is 0 Å². The summed E-state index contributed by atoms with van der Waals surface area (Å²) in [6.07, 6.45) is 0. The summed E-state index contributed by atoms with van der Waals surface area (Å²) < 4.78 is 10.7. The number of amides is 1. The maximum Gasteiger partial charge on any atom is 0.255 e. The molecule has 1 saturated heterocycles. The highest BCUT2D eigenvalue weighted by molar-refractivity contribution is 5.98. The maximum atomic E-state index is 13.2. The van der Waals surface area contributed by atoms with Crippen LogP contribution in [0.2, 0.25) is 0 Å². The number of hydrogen-bond donors (Lipinski definition) is 0. The Hall–Kier alpha value is -3.78. The molecule has 2 aromatic heterocycles. The number of piperazine rings is 1. The molecule has 1 amide bonds. The molecule has 1 aliphatic heterocycles. The third-order valence-electron chi connectivity index (χ3n) is 6.24. The van der Waals surface area contributed by atoms with Crippen LogP contribution in [-0.2, 0) is 6.54 Å². The summed E-state index contributed by atoms with van der Waals surface area (Å²) in [4.78, 5) is 26.5. The molecule has 8 nitrogen and oxygen atoms in total. The Morgan fingerprint density at radius 3 is 2.50 bits per heavy atom. The van der Waals surface area contributed by atoms with Crippen molar-refractivity contribution in [3.8, 4) is 17.1 Å². The highest BCUT2D eigenvalue weighted by Crippen LogP contribution is 2.23. The molecule has 0 aliphatic carbocycles. The molecule has 0 bridgehead atoms. The Bertz CT molecular complexity index is 1320. The van der Waals surface area contributed by atoms with E-state index in [1.165, 1.54) is 5.56 Å². The smallest absolute Gasteiger partial charge is 0.255 e. The zero-order valence-electron chi connectivity index (χ0n) is 19.6. The fourth-order valence-electron chi connectivity index (χ4n) is 4.20. The highest BCUT2D eigenvalue weighted by atomic mass is 16.5. The van der Waals surface area contributed by atoms with Crippen molar-refractivity contribution in [2.75, 3.05) is 33.3 Å². The second kappa shape index (κ2) is 9.23. The fraction of sp³-hybridized carbons (Fsp3) is 0.308. The lowest BCUT2D eigenvalue weighted by atomic mass is 10.1. The Labute approximate surface area is 198 Å². The number of carbonyl (C=O) groups excluding carboxylic acids is 1. The zero-order valence-corrected chi connectivity index (χ0v) is 19.6. The predicted octanol–water partition coefficient (Wildman–Crippen LogP) is 3.87. The van der Waals surface area contributed by atoms with Crippen LogP contribution < -0.4 is 4.74 Å². The first kappa shape index (κ1) is 22.0. The first-order chi connectivity index (χ1) is 16.5. The summed E-state index contributed by atoms with van der Waals surface area (Å²) in [5, 5.41) is 5.04. The van der Waals surface area contributed by atoms with Gasteiger partial charge in [0.1, 0.15) is 5.75 Å². The van der Waals surface area contributed by atoms with Crippen molar-refractivity contribution >= 4 is 16.8 Å². The van der Waals surface area contributed by atoms with Crippen LogP contribution in [0.25, 0.3) is 22.3 Å². The Morgan fingerprint density at radius 1 is 1.00 bits per heavy atom. The van der Waals surface area contributed by atoms with Gasteiger partial charge < -0.3 is 14.2 Å². The minimum absolute atomic E-state index is 0.0156. The Kier molecular flexibility index (Phi) is 5.98. The molecule has 4 aromatic rings. The van der Waals surface area contributed by atoms with Crippen LogP contribution in [0.4, 0.5) is 0 Å². The molecule has 0 N–H and O–H groups in total. The molecule has 8 heteroatoms. The van der Waals surface area contributed by atoms with Crippen LogP contribution in [-0.4, -0.2) is 64.1 Å². The van der Waals surface area contributed by atoms with Gasteiger partial charge in [-0.15, -0.1) is 0 Å². The number of aryl methyl sites for hydroxylation is 2. The molecule has 34 heavy (non-hydrogen) atoms. The number of ether oxygens (including phenoxy) is 1. The number of methoxy groups -OCH3 is 1. The van der Waals surface area contributed by atoms with E-state index in [1.807, 2.05) is 67.3 Å². The lowest BCUT2D eigenvalue weighted by Crippen LogP contribution is -2.48. The Morgan fingerprint density at radius 2 is 1.76 bits per heavy atom. The standard InChI is InChI=1S/C26H27N5O3/c1-17-4-6-19(7-5-17)25-28-24(34-29-25)16-30-10-12-31(13-11-30)26(32)22-14-20-8-9-21(33-3)15-23(20)27-18(22)2/h4-9,14-15H,10-13,16H2,1-3H3. The van der Waals surface area contributed by atoms with E-state index >= 15 is 0 Å². The molecule has 5 rings (SSSR count). The minimum atomic E-state index is 0.0156. The summed E-state index contributed by atoms with van der Waals surface area (Å²) in [6, 6.07) is 15.7. The van der Waals surface area contributed by atoms with Crippen molar-refractivity contribution in [1.29, 1.82) is 0 Å². The van der Waals surface area contributed by atoms with E-state index in [0.29, 0.717) is 36.9 Å². The maximum absolute atomic E-state index is 13.2. The van der Waals surface area contributed by atoms with Gasteiger partial charge in [-0.1, -0.05) is 35.0 Å². The largest absolute Gasteiger partial charge is 0.497 e. The molecular formula is C26H27N5O3. The number of carbonyl (C=O) groups is 1. The van der Waals surface area contributed by atoms with Gasteiger partial charge in [-0.25, -0.2) is 0 Å². The minimum Gasteiger partial charge on any atom is -0.497 e. The van der Waals surface area contributed by atoms with Crippen LogP contribution in [0.15, 0.2) is 53.1 Å². The van der Waals surface area contributed by atoms with Gasteiger partial charge in [0.25, 0.3) is 5.91 Å². The average Bonchev–Trinajstić information content (AvgIpc) is 3.32. The van der Waals surface area contributed by atoms with E-state index in [1.54, 1.807) is 7.11 Å². The lowest BCUT2D eigenvalue weighted by molar-refractivity contribution is 0.0614. The molecule has 1 fully saturated rings. The number of fused-ring (bicyclic) bond motifs is 1. The summed E-state index contributed by atoms with van der Waals surface area (Å²) in [6.45, 7) is 7.25. The molecule has 0 unspecified atom stereocenters. The van der Waals surface area contributed by atoms with Crippen molar-refractivity contribution in [2.45, 2.75) is 20.4 Å². The third-order valence-corrected chi connectivity index (χ3v) is 6.24. The van der Waals surface area contributed by atoms with Crippen molar-refractivity contribution in [3.63, 3.8) is 0 Å². The van der Waals surface area contributed by atoms with E-state index < -0.39 is 0 Å². The van der Waals surface area contributed by atoms with Crippen LogP contribution in [0, 0.1) is 13.8 Å². The first-order valence-corrected chi connectivity index (χ1v) is 11.4. The van der Waals surface area contributed by atoms with Crippen molar-refractivity contribution < 1.29 is 14.1 Å². The van der Waals surface area contributed by atoms with Gasteiger partial charge in [0.05, 0.1) is 30.4 Å². The summed E-state index contributed by atoms with van der Waals surface area (Å²) in [5.41, 5.74) is 4.32. The fourth-order valence-corrected chi connectivity index (χ4v) is 4.20. The molecular weight excluding hydrogens is 430 g/mol. The third kappa shape index (κ3) is 4.49. The average molecular weight is 458 g/mol. The topological polar surface area (TPSA) is 84.6 Å². The molecule has 174 valence electrons. The summed E-state index contributed by atoms with van der Waals surface area (Å²) >= 11 is 0. The Balaban J connectivity index is 1.22. The summed E-state index contributed by atoms with van der Waals surface area (Å²) in [7, 11) is 1.63. The SMILES string of the molecule is COc1ccc2cc(C(=O)N3CCN(Cc4nc(-c5ccc(C)cc5)no4)CC3)c(C)nc2c1. The number of aromatic nitrogens is 3. The second-order valence-electron chi connectivity index (χ2n) is 8.63. The van der Waals surface area contributed by atoms with E-state index in [0.717, 1.165) is 41.0 Å². The van der Waals surface area contributed by atoms with E-state index in [9.17, 15) is 4.79 Å². The quantitative estimate of drug-likeness (QED) is 0.450. The number of benzene rings is 2.